The number of halogens is 2. The lowest BCUT2D eigenvalue weighted by atomic mass is 9.98. The minimum atomic E-state index is -2.37. The van der Waals surface area contributed by atoms with E-state index in [-0.39, 0.29) is 0 Å². The highest BCUT2D eigenvalue weighted by atomic mass is 32.2. The van der Waals surface area contributed by atoms with E-state index in [1.165, 1.54) is 12.8 Å². The van der Waals surface area contributed by atoms with Gasteiger partial charge in [-0.2, -0.15) is 8.78 Å². The second-order valence-corrected chi connectivity index (χ2v) is 6.06. The molecule has 1 aliphatic rings. The summed E-state index contributed by atoms with van der Waals surface area (Å²) in [7, 11) is 2.13. The first-order valence-electron chi connectivity index (χ1n) is 6.61. The molecule has 1 N–H and O–H groups in total. The van der Waals surface area contributed by atoms with Crippen molar-refractivity contribution >= 4 is 17.4 Å². The Bertz CT molecular complexity index is 401. The molecule has 1 atom stereocenters. The van der Waals surface area contributed by atoms with Gasteiger partial charge in [0.2, 0.25) is 0 Å². The minimum absolute atomic E-state index is 0.600. The Hall–Kier alpha value is -0.810. The van der Waals surface area contributed by atoms with E-state index in [0.717, 1.165) is 25.3 Å². The lowest BCUT2D eigenvalue weighted by Gasteiger charge is -2.30. The molecule has 0 spiro atoms. The highest BCUT2D eigenvalue weighted by molar-refractivity contribution is 7.99. The van der Waals surface area contributed by atoms with Crippen LogP contribution in [0.4, 0.5) is 14.5 Å². The van der Waals surface area contributed by atoms with Gasteiger partial charge >= 0.3 is 0 Å². The highest BCUT2D eigenvalue weighted by Crippen LogP contribution is 2.31. The fraction of sp³-hybridized carbons (Fsp3) is 0.571. The molecule has 1 aliphatic heterocycles. The number of likely N-dealkylation sites (tertiary alicyclic amines) is 1. The topological polar surface area (TPSA) is 15.3 Å². The van der Waals surface area contributed by atoms with E-state index >= 15 is 0 Å². The number of rotatable bonds is 5. The van der Waals surface area contributed by atoms with E-state index in [2.05, 4.69) is 17.3 Å². The monoisotopic (exact) mass is 286 g/mol. The van der Waals surface area contributed by atoms with Crippen molar-refractivity contribution in [3.05, 3.63) is 24.3 Å². The molecule has 1 fully saturated rings. The van der Waals surface area contributed by atoms with Crippen LogP contribution in [0.2, 0.25) is 0 Å². The summed E-state index contributed by atoms with van der Waals surface area (Å²) in [6, 6.07) is 7.29. The fourth-order valence-electron chi connectivity index (χ4n) is 2.51. The van der Waals surface area contributed by atoms with Gasteiger partial charge in [-0.1, -0.05) is 23.9 Å². The molecule has 1 saturated heterocycles. The third-order valence-electron chi connectivity index (χ3n) is 3.41. The summed E-state index contributed by atoms with van der Waals surface area (Å²) < 4.78 is 25.0. The van der Waals surface area contributed by atoms with Crippen LogP contribution in [-0.4, -0.2) is 37.3 Å². The van der Waals surface area contributed by atoms with E-state index in [1.807, 2.05) is 12.1 Å². The number of piperidine rings is 1. The van der Waals surface area contributed by atoms with Gasteiger partial charge in [-0.25, -0.2) is 0 Å². The zero-order chi connectivity index (χ0) is 13.7. The Morgan fingerprint density at radius 2 is 2.21 bits per heavy atom. The number of benzene rings is 1. The number of alkyl halides is 2. The molecule has 0 radical (unpaired) electrons. The van der Waals surface area contributed by atoms with Crippen molar-refractivity contribution in [3.8, 4) is 0 Å². The SMILES string of the molecule is CN1CCCC(CNc2ccccc2SC(F)F)C1. The van der Waals surface area contributed by atoms with Crippen molar-refractivity contribution in [3.63, 3.8) is 0 Å². The summed E-state index contributed by atoms with van der Waals surface area (Å²) >= 11 is 0.606. The van der Waals surface area contributed by atoms with Crippen LogP contribution in [0, 0.1) is 5.92 Å². The van der Waals surface area contributed by atoms with Gasteiger partial charge in [0.15, 0.2) is 0 Å². The molecular formula is C14H20F2N2S. The molecule has 1 aromatic rings. The molecule has 0 bridgehead atoms. The number of thioether (sulfide) groups is 1. The maximum Gasteiger partial charge on any atom is 0.288 e. The molecule has 106 valence electrons. The number of hydrogen-bond donors (Lipinski definition) is 1. The molecule has 19 heavy (non-hydrogen) atoms. The third kappa shape index (κ3) is 4.66. The largest absolute Gasteiger partial charge is 0.384 e. The van der Waals surface area contributed by atoms with E-state index in [9.17, 15) is 8.78 Å². The number of nitrogens with one attached hydrogen (secondary N) is 1. The fourth-order valence-corrected chi connectivity index (χ4v) is 3.12. The minimum Gasteiger partial charge on any atom is -0.384 e. The highest BCUT2D eigenvalue weighted by Gasteiger charge is 2.17. The second kappa shape index (κ2) is 7.10. The lowest BCUT2D eigenvalue weighted by molar-refractivity contribution is 0.217. The molecule has 0 amide bonds. The number of hydrogen-bond acceptors (Lipinski definition) is 3. The number of nitrogens with zero attached hydrogens (tertiary/aromatic N) is 1. The van der Waals surface area contributed by atoms with Crippen LogP contribution in [0.15, 0.2) is 29.2 Å². The maximum absolute atomic E-state index is 12.5. The van der Waals surface area contributed by atoms with Crippen LogP contribution < -0.4 is 5.32 Å². The van der Waals surface area contributed by atoms with Crippen LogP contribution in [0.1, 0.15) is 12.8 Å². The van der Waals surface area contributed by atoms with Crippen molar-refractivity contribution in [2.75, 3.05) is 32.0 Å². The van der Waals surface area contributed by atoms with Gasteiger partial charge in [0.1, 0.15) is 0 Å². The van der Waals surface area contributed by atoms with Crippen LogP contribution in [0.3, 0.4) is 0 Å². The van der Waals surface area contributed by atoms with Crippen molar-refractivity contribution in [1.82, 2.24) is 4.90 Å². The molecule has 5 heteroatoms. The molecule has 0 aliphatic carbocycles. The Morgan fingerprint density at radius 1 is 1.42 bits per heavy atom. The Kier molecular flexibility index (Phi) is 5.45. The lowest BCUT2D eigenvalue weighted by Crippen LogP contribution is -2.35. The standard InChI is InChI=1S/C14H20F2N2S/c1-18-8-4-5-11(10-18)9-17-12-6-2-3-7-13(12)19-14(15)16/h2-3,6-7,11,14,17H,4-5,8-10H2,1H3. The van der Waals surface area contributed by atoms with E-state index in [1.54, 1.807) is 12.1 Å². The van der Waals surface area contributed by atoms with Gasteiger partial charge in [0, 0.05) is 23.7 Å². The number of para-hydroxylation sites is 1. The average Bonchev–Trinajstić information content (AvgIpc) is 2.37. The smallest absolute Gasteiger partial charge is 0.288 e. The van der Waals surface area contributed by atoms with Crippen LogP contribution in [0.25, 0.3) is 0 Å². The summed E-state index contributed by atoms with van der Waals surface area (Å²) in [5.74, 6) is -1.77. The van der Waals surface area contributed by atoms with Crippen LogP contribution >= 0.6 is 11.8 Å². The summed E-state index contributed by atoms with van der Waals surface area (Å²) in [6.45, 7) is 3.09. The van der Waals surface area contributed by atoms with Crippen LogP contribution in [0.5, 0.6) is 0 Å². The molecule has 2 rings (SSSR count). The normalized spacial score (nSPS) is 20.7. The first-order chi connectivity index (χ1) is 9.15. The average molecular weight is 286 g/mol. The van der Waals surface area contributed by atoms with E-state index in [0.29, 0.717) is 22.6 Å². The molecule has 0 aromatic heterocycles. The van der Waals surface area contributed by atoms with E-state index in [4.69, 9.17) is 0 Å². The third-order valence-corrected chi connectivity index (χ3v) is 4.19. The molecule has 1 unspecified atom stereocenters. The Labute approximate surface area is 117 Å². The molecule has 0 saturated carbocycles. The van der Waals surface area contributed by atoms with Gasteiger partial charge < -0.3 is 10.2 Å². The summed E-state index contributed by atoms with van der Waals surface area (Å²) in [5, 5.41) is 3.33. The van der Waals surface area contributed by atoms with Crippen molar-refractivity contribution in [2.45, 2.75) is 23.5 Å². The number of anilines is 1. The maximum atomic E-state index is 12.5. The molecule has 1 aromatic carbocycles. The quantitative estimate of drug-likeness (QED) is 0.830. The first kappa shape index (κ1) is 14.6. The summed E-state index contributed by atoms with van der Waals surface area (Å²) in [6.07, 6.45) is 2.43. The summed E-state index contributed by atoms with van der Waals surface area (Å²) in [5.41, 5.74) is 0.820. The molecule has 1 heterocycles. The summed E-state index contributed by atoms with van der Waals surface area (Å²) in [4.78, 5) is 2.96. The van der Waals surface area contributed by atoms with Crippen molar-refractivity contribution < 1.29 is 8.78 Å². The first-order valence-corrected chi connectivity index (χ1v) is 7.49. The van der Waals surface area contributed by atoms with Gasteiger partial charge in [-0.15, -0.1) is 0 Å². The predicted molar refractivity (Wildman–Crippen MR) is 77.0 cm³/mol. The molecule has 2 nitrogen and oxygen atoms in total. The Balaban J connectivity index is 1.91. The Morgan fingerprint density at radius 3 is 2.95 bits per heavy atom. The zero-order valence-corrected chi connectivity index (χ0v) is 11.9. The second-order valence-electron chi connectivity index (χ2n) is 5.03. The van der Waals surface area contributed by atoms with Gasteiger partial charge in [-0.05, 0) is 44.5 Å². The van der Waals surface area contributed by atoms with Gasteiger partial charge in [0.25, 0.3) is 5.76 Å². The van der Waals surface area contributed by atoms with E-state index < -0.39 is 5.76 Å². The van der Waals surface area contributed by atoms with Gasteiger partial charge in [-0.3, -0.25) is 0 Å². The van der Waals surface area contributed by atoms with Crippen molar-refractivity contribution in [1.29, 1.82) is 0 Å². The van der Waals surface area contributed by atoms with Crippen molar-refractivity contribution in [2.24, 2.45) is 5.92 Å². The molecular weight excluding hydrogens is 266 g/mol. The zero-order valence-electron chi connectivity index (χ0n) is 11.1. The van der Waals surface area contributed by atoms with Gasteiger partial charge in [0.05, 0.1) is 0 Å². The predicted octanol–water partition coefficient (Wildman–Crippen LogP) is 3.76. The van der Waals surface area contributed by atoms with Crippen LogP contribution in [-0.2, 0) is 0 Å².